The number of ether oxygens (including phenoxy) is 1. The number of furan rings is 1. The zero-order valence-corrected chi connectivity index (χ0v) is 18.6. The van der Waals surface area contributed by atoms with E-state index in [9.17, 15) is 9.59 Å². The second-order valence-electron chi connectivity index (χ2n) is 7.54. The van der Waals surface area contributed by atoms with Gasteiger partial charge in [-0.3, -0.25) is 14.2 Å². The molecule has 2 N–H and O–H groups in total. The number of rotatable bonds is 11. The molecule has 2 amide bonds. The van der Waals surface area contributed by atoms with Crippen LogP contribution in [0.2, 0.25) is 0 Å². The third-order valence-corrected chi connectivity index (χ3v) is 6.14. The first-order valence-electron chi connectivity index (χ1n) is 10.4. The van der Waals surface area contributed by atoms with Crippen molar-refractivity contribution in [3.05, 3.63) is 48.2 Å². The van der Waals surface area contributed by atoms with Gasteiger partial charge in [0, 0.05) is 25.6 Å². The Morgan fingerprint density at radius 2 is 2.03 bits per heavy atom. The van der Waals surface area contributed by atoms with E-state index in [1.807, 2.05) is 29.2 Å². The molecule has 0 spiro atoms. The number of nitrogens with two attached hydrogens (primary N) is 1. The molecule has 0 unspecified atom stereocenters. The number of benzene rings is 1. The van der Waals surface area contributed by atoms with Crippen LogP contribution in [0.25, 0.3) is 11.6 Å². The summed E-state index contributed by atoms with van der Waals surface area (Å²) in [4.78, 5) is 26.3. The molecule has 4 rings (SSSR count). The first kappa shape index (κ1) is 21.9. The number of primary amides is 1. The second-order valence-corrected chi connectivity index (χ2v) is 8.48. The van der Waals surface area contributed by atoms with E-state index < -0.39 is 5.91 Å². The second kappa shape index (κ2) is 9.90. The van der Waals surface area contributed by atoms with Crippen molar-refractivity contribution in [2.24, 2.45) is 5.73 Å². The van der Waals surface area contributed by atoms with Crippen molar-refractivity contribution in [3.8, 4) is 17.3 Å². The Labute approximate surface area is 189 Å². The van der Waals surface area contributed by atoms with Crippen molar-refractivity contribution in [1.29, 1.82) is 0 Å². The summed E-state index contributed by atoms with van der Waals surface area (Å²) >= 11 is 1.30. The number of hydrogen-bond acceptors (Lipinski definition) is 7. The largest absolute Gasteiger partial charge is 0.497 e. The van der Waals surface area contributed by atoms with Gasteiger partial charge in [0.05, 0.1) is 19.1 Å². The Morgan fingerprint density at radius 3 is 2.66 bits per heavy atom. The molecule has 168 valence electrons. The molecule has 3 aromatic rings. The van der Waals surface area contributed by atoms with E-state index >= 15 is 0 Å². The Bertz CT molecular complexity index is 1060. The molecule has 1 fully saturated rings. The predicted molar refractivity (Wildman–Crippen MR) is 119 cm³/mol. The maximum Gasteiger partial charge on any atom is 0.233 e. The van der Waals surface area contributed by atoms with E-state index in [1.165, 1.54) is 11.8 Å². The lowest BCUT2D eigenvalue weighted by molar-refractivity contribution is -0.129. The highest BCUT2D eigenvalue weighted by molar-refractivity contribution is 7.99. The standard InChI is InChI=1S/C22H25N5O4S/c1-30-17-8-4-15(5-9-17)13-27(16-6-7-16)20(29)14-32-22-25-24-21(18-3-2-12-31-18)26(22)11-10-19(23)28/h2-5,8-9,12,16H,6-7,10-11,13-14H2,1H3,(H2,23,28). The monoisotopic (exact) mass is 455 g/mol. The van der Waals surface area contributed by atoms with Crippen LogP contribution in [-0.2, 0) is 22.7 Å². The van der Waals surface area contributed by atoms with E-state index in [0.29, 0.717) is 29.8 Å². The fourth-order valence-electron chi connectivity index (χ4n) is 3.35. The van der Waals surface area contributed by atoms with E-state index in [4.69, 9.17) is 14.9 Å². The van der Waals surface area contributed by atoms with Crippen molar-refractivity contribution in [3.63, 3.8) is 0 Å². The van der Waals surface area contributed by atoms with E-state index in [1.54, 1.807) is 30.1 Å². The molecule has 9 nitrogen and oxygen atoms in total. The zero-order valence-electron chi connectivity index (χ0n) is 17.8. The maximum absolute atomic E-state index is 13.1. The molecule has 0 bridgehead atoms. The minimum Gasteiger partial charge on any atom is -0.497 e. The molecule has 0 atom stereocenters. The van der Waals surface area contributed by atoms with Gasteiger partial charge in [0.1, 0.15) is 5.75 Å². The number of nitrogens with zero attached hydrogens (tertiary/aromatic N) is 4. The van der Waals surface area contributed by atoms with E-state index in [0.717, 1.165) is 24.2 Å². The van der Waals surface area contributed by atoms with Crippen LogP contribution in [0.3, 0.4) is 0 Å². The molecule has 1 saturated carbocycles. The smallest absolute Gasteiger partial charge is 0.233 e. The van der Waals surface area contributed by atoms with Gasteiger partial charge in [-0.15, -0.1) is 10.2 Å². The van der Waals surface area contributed by atoms with E-state index in [2.05, 4.69) is 10.2 Å². The number of aromatic nitrogens is 3. The topological polar surface area (TPSA) is 116 Å². The predicted octanol–water partition coefficient (Wildman–Crippen LogP) is 2.71. The lowest BCUT2D eigenvalue weighted by Crippen LogP contribution is -2.34. The highest BCUT2D eigenvalue weighted by Crippen LogP contribution is 2.31. The molecule has 2 aromatic heterocycles. The van der Waals surface area contributed by atoms with Crippen LogP contribution in [0.15, 0.2) is 52.2 Å². The number of thioether (sulfide) groups is 1. The van der Waals surface area contributed by atoms with Gasteiger partial charge in [0.15, 0.2) is 16.7 Å². The van der Waals surface area contributed by atoms with Crippen LogP contribution in [0.4, 0.5) is 0 Å². The van der Waals surface area contributed by atoms with Crippen LogP contribution in [0, 0.1) is 0 Å². The third-order valence-electron chi connectivity index (χ3n) is 5.18. The van der Waals surface area contributed by atoms with Gasteiger partial charge in [0.25, 0.3) is 0 Å². The summed E-state index contributed by atoms with van der Waals surface area (Å²) < 4.78 is 12.4. The highest BCUT2D eigenvalue weighted by atomic mass is 32.2. The molecule has 10 heteroatoms. The number of amides is 2. The third kappa shape index (κ3) is 5.31. The van der Waals surface area contributed by atoms with E-state index in [-0.39, 0.29) is 24.1 Å². The number of carbonyl (C=O) groups is 2. The molecule has 2 heterocycles. The summed E-state index contributed by atoms with van der Waals surface area (Å²) in [5, 5.41) is 8.97. The number of hydrogen-bond donors (Lipinski definition) is 1. The number of carbonyl (C=O) groups excluding carboxylic acids is 2. The zero-order chi connectivity index (χ0) is 22.5. The van der Waals surface area contributed by atoms with Gasteiger partial charge >= 0.3 is 0 Å². The van der Waals surface area contributed by atoms with Crippen LogP contribution >= 0.6 is 11.8 Å². The highest BCUT2D eigenvalue weighted by Gasteiger charge is 2.32. The van der Waals surface area contributed by atoms with Gasteiger partial charge in [-0.25, -0.2) is 0 Å². The quantitative estimate of drug-likeness (QED) is 0.442. The average molecular weight is 456 g/mol. The molecular formula is C22H25N5O4S. The summed E-state index contributed by atoms with van der Waals surface area (Å²) in [5.74, 6) is 1.67. The van der Waals surface area contributed by atoms with Gasteiger partial charge in [0.2, 0.25) is 11.8 Å². The average Bonchev–Trinajstić information content (AvgIpc) is 3.32. The summed E-state index contributed by atoms with van der Waals surface area (Å²) in [6.07, 6.45) is 3.72. The van der Waals surface area contributed by atoms with Crippen molar-refractivity contribution < 1.29 is 18.7 Å². The lowest BCUT2D eigenvalue weighted by atomic mass is 10.2. The lowest BCUT2D eigenvalue weighted by Gasteiger charge is -2.22. The first-order chi connectivity index (χ1) is 15.5. The summed E-state index contributed by atoms with van der Waals surface area (Å²) in [6.45, 7) is 0.868. The fraction of sp³-hybridized carbons (Fsp3) is 0.364. The molecule has 0 radical (unpaired) electrons. The molecule has 1 aliphatic rings. The normalized spacial score (nSPS) is 13.2. The van der Waals surface area contributed by atoms with Crippen molar-refractivity contribution >= 4 is 23.6 Å². The Kier molecular flexibility index (Phi) is 6.79. The van der Waals surface area contributed by atoms with Gasteiger partial charge in [-0.2, -0.15) is 0 Å². The molecule has 0 aliphatic heterocycles. The molecule has 1 aliphatic carbocycles. The SMILES string of the molecule is COc1ccc(CN(C(=O)CSc2nnc(-c3ccco3)n2CCC(N)=O)C2CC2)cc1. The Balaban J connectivity index is 1.45. The van der Waals surface area contributed by atoms with Crippen molar-refractivity contribution in [2.75, 3.05) is 12.9 Å². The van der Waals surface area contributed by atoms with Crippen molar-refractivity contribution in [1.82, 2.24) is 19.7 Å². The minimum absolute atomic E-state index is 0.0392. The molecule has 1 aromatic carbocycles. The molecule has 32 heavy (non-hydrogen) atoms. The summed E-state index contributed by atoms with van der Waals surface area (Å²) in [5.41, 5.74) is 6.39. The van der Waals surface area contributed by atoms with Crippen LogP contribution in [0.5, 0.6) is 5.75 Å². The number of methoxy groups -OCH3 is 1. The van der Waals surface area contributed by atoms with Crippen LogP contribution in [0.1, 0.15) is 24.8 Å². The molecule has 0 saturated heterocycles. The molecular weight excluding hydrogens is 430 g/mol. The first-order valence-corrected chi connectivity index (χ1v) is 11.3. The Morgan fingerprint density at radius 1 is 1.25 bits per heavy atom. The van der Waals surface area contributed by atoms with Gasteiger partial charge < -0.3 is 19.8 Å². The summed E-state index contributed by atoms with van der Waals surface area (Å²) in [7, 11) is 1.63. The fourth-order valence-corrected chi connectivity index (χ4v) is 4.20. The van der Waals surface area contributed by atoms with Crippen molar-refractivity contribution in [2.45, 2.75) is 43.6 Å². The summed E-state index contributed by atoms with van der Waals surface area (Å²) in [6, 6.07) is 11.6. The minimum atomic E-state index is -0.421. The van der Waals surface area contributed by atoms with Crippen LogP contribution < -0.4 is 10.5 Å². The van der Waals surface area contributed by atoms with Gasteiger partial charge in [-0.1, -0.05) is 23.9 Å². The maximum atomic E-state index is 13.1. The Hall–Kier alpha value is -3.27. The van der Waals surface area contributed by atoms with Crippen LogP contribution in [-0.4, -0.2) is 50.4 Å². The van der Waals surface area contributed by atoms with Gasteiger partial charge in [-0.05, 0) is 42.7 Å².